The van der Waals surface area contributed by atoms with Crippen molar-refractivity contribution in [2.24, 2.45) is 0 Å². The number of aromatic amines is 1. The Bertz CT molecular complexity index is 1170. The van der Waals surface area contributed by atoms with Crippen molar-refractivity contribution < 1.29 is 9.18 Å². The number of nitrogens with one attached hydrogen (secondary N) is 3. The van der Waals surface area contributed by atoms with E-state index in [4.69, 9.17) is 0 Å². The first-order chi connectivity index (χ1) is 15.1. The van der Waals surface area contributed by atoms with Gasteiger partial charge in [0.25, 0.3) is 5.91 Å². The van der Waals surface area contributed by atoms with Gasteiger partial charge in [-0.2, -0.15) is 0 Å². The molecule has 0 unspecified atom stereocenters. The normalized spacial score (nSPS) is 10.9. The zero-order valence-corrected chi connectivity index (χ0v) is 17.2. The van der Waals surface area contributed by atoms with Crippen molar-refractivity contribution in [1.29, 1.82) is 0 Å². The molecule has 1 amide bonds. The molecular formula is C23H23FN6O. The third-order valence-electron chi connectivity index (χ3n) is 4.84. The van der Waals surface area contributed by atoms with Crippen LogP contribution in [0.25, 0.3) is 22.3 Å². The summed E-state index contributed by atoms with van der Waals surface area (Å²) in [5.74, 6) is 1.58. The maximum absolute atomic E-state index is 13.3. The molecule has 4 rings (SSSR count). The fourth-order valence-corrected chi connectivity index (χ4v) is 3.30. The molecule has 31 heavy (non-hydrogen) atoms. The van der Waals surface area contributed by atoms with Crippen molar-refractivity contribution in [3.63, 3.8) is 0 Å². The molecule has 7 nitrogen and oxygen atoms in total. The summed E-state index contributed by atoms with van der Waals surface area (Å²) in [6, 6.07) is 11.4. The Balaban J connectivity index is 1.56. The summed E-state index contributed by atoms with van der Waals surface area (Å²) in [5.41, 5.74) is 1.88. The topological polar surface area (TPSA) is 95.6 Å². The summed E-state index contributed by atoms with van der Waals surface area (Å²) in [6.07, 6.45) is 5.05. The first kappa shape index (κ1) is 20.5. The van der Waals surface area contributed by atoms with Crippen LogP contribution in [0.4, 0.5) is 10.2 Å². The molecule has 8 heteroatoms. The van der Waals surface area contributed by atoms with E-state index in [0.29, 0.717) is 41.4 Å². The molecule has 3 N–H and O–H groups in total. The number of nitrogens with zero attached hydrogens (tertiary/aromatic N) is 3. The maximum Gasteiger partial charge on any atom is 0.251 e. The van der Waals surface area contributed by atoms with Crippen LogP contribution in [-0.2, 0) is 6.42 Å². The van der Waals surface area contributed by atoms with Crippen molar-refractivity contribution in [2.45, 2.75) is 19.8 Å². The van der Waals surface area contributed by atoms with Crippen molar-refractivity contribution in [2.75, 3.05) is 18.4 Å². The second-order valence-electron chi connectivity index (χ2n) is 7.06. The van der Waals surface area contributed by atoms with Crippen LogP contribution in [0.5, 0.6) is 0 Å². The summed E-state index contributed by atoms with van der Waals surface area (Å²) in [4.78, 5) is 29.1. The highest BCUT2D eigenvalue weighted by Gasteiger charge is 2.13. The van der Waals surface area contributed by atoms with Crippen molar-refractivity contribution in [3.8, 4) is 11.4 Å². The van der Waals surface area contributed by atoms with Crippen molar-refractivity contribution in [1.82, 2.24) is 25.3 Å². The molecule has 0 saturated heterocycles. The zero-order valence-electron chi connectivity index (χ0n) is 17.2. The van der Waals surface area contributed by atoms with E-state index < -0.39 is 0 Å². The number of aryl methyl sites for hydroxylation is 1. The number of carbonyl (C=O) groups is 1. The minimum absolute atomic E-state index is 0.159. The number of imidazole rings is 1. The number of hydrogen-bond acceptors (Lipinski definition) is 5. The first-order valence-electron chi connectivity index (χ1n) is 10.2. The summed E-state index contributed by atoms with van der Waals surface area (Å²) in [7, 11) is 0. The van der Waals surface area contributed by atoms with Crippen molar-refractivity contribution in [3.05, 3.63) is 72.1 Å². The van der Waals surface area contributed by atoms with E-state index in [-0.39, 0.29) is 11.7 Å². The Morgan fingerprint density at radius 3 is 2.71 bits per heavy atom. The Morgan fingerprint density at radius 2 is 1.97 bits per heavy atom. The molecule has 0 atom stereocenters. The Hall–Kier alpha value is -3.81. The van der Waals surface area contributed by atoms with Gasteiger partial charge in [0, 0.05) is 48.4 Å². The second kappa shape index (κ2) is 9.34. The fourth-order valence-electron chi connectivity index (χ4n) is 3.30. The van der Waals surface area contributed by atoms with Crippen LogP contribution >= 0.6 is 0 Å². The van der Waals surface area contributed by atoms with Gasteiger partial charge in [0.05, 0.1) is 5.52 Å². The van der Waals surface area contributed by atoms with Crippen molar-refractivity contribution >= 4 is 22.6 Å². The van der Waals surface area contributed by atoms with Gasteiger partial charge in [-0.3, -0.25) is 4.79 Å². The van der Waals surface area contributed by atoms with E-state index in [1.54, 1.807) is 36.7 Å². The molecule has 0 aliphatic carbocycles. The lowest BCUT2D eigenvalue weighted by Crippen LogP contribution is -2.24. The zero-order chi connectivity index (χ0) is 21.6. The van der Waals surface area contributed by atoms with Gasteiger partial charge in [-0.1, -0.05) is 0 Å². The summed E-state index contributed by atoms with van der Waals surface area (Å²) < 4.78 is 13.3. The van der Waals surface area contributed by atoms with E-state index in [0.717, 1.165) is 24.1 Å². The highest BCUT2D eigenvalue weighted by atomic mass is 19.1. The molecule has 0 bridgehead atoms. The number of H-pyrrole nitrogens is 1. The first-order valence-corrected chi connectivity index (χ1v) is 10.2. The SMILES string of the molecule is CCNc1nc(-c2ccc(F)cc2)nc2cc(C(=O)NCCCc3ncc[nH]3)ccc12. The number of benzene rings is 2. The summed E-state index contributed by atoms with van der Waals surface area (Å²) in [5, 5.41) is 7.00. The molecule has 2 aromatic carbocycles. The van der Waals surface area contributed by atoms with E-state index in [2.05, 4.69) is 30.6 Å². The number of carbonyl (C=O) groups excluding carboxylic acids is 1. The highest BCUT2D eigenvalue weighted by molar-refractivity contribution is 6.00. The van der Waals surface area contributed by atoms with Crippen LogP contribution in [-0.4, -0.2) is 38.9 Å². The third kappa shape index (κ3) is 4.85. The summed E-state index contributed by atoms with van der Waals surface area (Å²) in [6.45, 7) is 3.22. The second-order valence-corrected chi connectivity index (χ2v) is 7.06. The fraction of sp³-hybridized carbons (Fsp3) is 0.217. The van der Waals surface area contributed by atoms with Gasteiger partial charge < -0.3 is 15.6 Å². The van der Waals surface area contributed by atoms with Crippen LogP contribution in [0.15, 0.2) is 54.9 Å². The standard InChI is InChI=1S/C23H23FN6O/c1-2-25-22-18-10-7-16(23(31)28-11-3-4-20-26-12-13-27-20)14-19(18)29-21(30-22)15-5-8-17(24)9-6-15/h5-10,12-14H,2-4,11H2,1H3,(H,26,27)(H,28,31)(H,25,29,30). The highest BCUT2D eigenvalue weighted by Crippen LogP contribution is 2.26. The van der Waals surface area contributed by atoms with Gasteiger partial charge in [0.1, 0.15) is 17.5 Å². The van der Waals surface area contributed by atoms with E-state index >= 15 is 0 Å². The molecule has 0 spiro atoms. The minimum Gasteiger partial charge on any atom is -0.370 e. The van der Waals surface area contributed by atoms with Gasteiger partial charge in [-0.15, -0.1) is 0 Å². The predicted molar refractivity (Wildman–Crippen MR) is 118 cm³/mol. The largest absolute Gasteiger partial charge is 0.370 e. The molecule has 2 aromatic heterocycles. The number of halogens is 1. The summed E-state index contributed by atoms with van der Waals surface area (Å²) >= 11 is 0. The van der Waals surface area contributed by atoms with Crippen LogP contribution in [0.3, 0.4) is 0 Å². The molecule has 0 radical (unpaired) electrons. The van der Waals surface area contributed by atoms with Crippen LogP contribution in [0.2, 0.25) is 0 Å². The van der Waals surface area contributed by atoms with Gasteiger partial charge in [-0.25, -0.2) is 19.3 Å². The monoisotopic (exact) mass is 418 g/mol. The van der Waals surface area contributed by atoms with Crippen LogP contribution in [0.1, 0.15) is 29.5 Å². The van der Waals surface area contributed by atoms with Crippen LogP contribution in [0, 0.1) is 5.82 Å². The molecule has 0 aliphatic rings. The lowest BCUT2D eigenvalue weighted by molar-refractivity contribution is 0.0953. The van der Waals surface area contributed by atoms with Crippen LogP contribution < -0.4 is 10.6 Å². The molecule has 0 aliphatic heterocycles. The molecule has 4 aromatic rings. The lowest BCUT2D eigenvalue weighted by atomic mass is 10.1. The molecule has 0 fully saturated rings. The number of aromatic nitrogens is 4. The average Bonchev–Trinajstić information content (AvgIpc) is 3.30. The third-order valence-corrected chi connectivity index (χ3v) is 4.84. The number of anilines is 1. The molecule has 0 saturated carbocycles. The number of hydrogen-bond donors (Lipinski definition) is 3. The number of fused-ring (bicyclic) bond motifs is 1. The Morgan fingerprint density at radius 1 is 1.13 bits per heavy atom. The smallest absolute Gasteiger partial charge is 0.251 e. The maximum atomic E-state index is 13.3. The van der Waals surface area contributed by atoms with E-state index in [1.807, 2.05) is 13.0 Å². The quantitative estimate of drug-likeness (QED) is 0.377. The van der Waals surface area contributed by atoms with Gasteiger partial charge in [-0.05, 0) is 55.8 Å². The van der Waals surface area contributed by atoms with Gasteiger partial charge >= 0.3 is 0 Å². The van der Waals surface area contributed by atoms with E-state index in [1.165, 1.54) is 12.1 Å². The van der Waals surface area contributed by atoms with Gasteiger partial charge in [0.2, 0.25) is 0 Å². The molecule has 158 valence electrons. The minimum atomic E-state index is -0.317. The molecule has 2 heterocycles. The molecular weight excluding hydrogens is 395 g/mol. The number of amides is 1. The predicted octanol–water partition coefficient (Wildman–Crippen LogP) is 3.95. The Labute approximate surface area is 179 Å². The van der Waals surface area contributed by atoms with Gasteiger partial charge in [0.15, 0.2) is 5.82 Å². The average molecular weight is 418 g/mol. The Kier molecular flexibility index (Phi) is 6.16. The lowest BCUT2D eigenvalue weighted by Gasteiger charge is -2.11. The number of rotatable bonds is 8. The van der Waals surface area contributed by atoms with E-state index in [9.17, 15) is 9.18 Å².